The van der Waals surface area contributed by atoms with Gasteiger partial charge in [-0.25, -0.2) is 4.39 Å². The van der Waals surface area contributed by atoms with Gasteiger partial charge in [-0.3, -0.25) is 10.1 Å². The quantitative estimate of drug-likeness (QED) is 0.754. The van der Waals surface area contributed by atoms with E-state index in [1.54, 1.807) is 24.7 Å². The molecule has 24 heavy (non-hydrogen) atoms. The van der Waals surface area contributed by atoms with Crippen molar-refractivity contribution >= 4 is 5.82 Å². The molecule has 0 radical (unpaired) electrons. The number of anilines is 1. The molecule has 3 aromatic rings. The van der Waals surface area contributed by atoms with Gasteiger partial charge in [-0.05, 0) is 37.1 Å². The predicted octanol–water partition coefficient (Wildman–Crippen LogP) is 2.93. The topological polar surface area (TPSA) is 79.4 Å². The zero-order chi connectivity index (χ0) is 16.4. The van der Waals surface area contributed by atoms with E-state index in [0.717, 1.165) is 30.5 Å². The molecule has 0 bridgehead atoms. The van der Waals surface area contributed by atoms with Gasteiger partial charge in [0.05, 0.1) is 17.6 Å². The van der Waals surface area contributed by atoms with Crippen molar-refractivity contribution in [3.8, 4) is 11.3 Å². The molecule has 1 fully saturated rings. The summed E-state index contributed by atoms with van der Waals surface area (Å²) in [5.41, 5.74) is 1.94. The van der Waals surface area contributed by atoms with E-state index in [-0.39, 0.29) is 11.2 Å². The van der Waals surface area contributed by atoms with E-state index in [1.165, 1.54) is 6.07 Å². The van der Waals surface area contributed by atoms with Crippen molar-refractivity contribution in [2.24, 2.45) is 0 Å². The number of aromatic nitrogens is 5. The molecule has 3 aromatic heterocycles. The second-order valence-corrected chi connectivity index (χ2v) is 6.11. The summed E-state index contributed by atoms with van der Waals surface area (Å²) in [6.45, 7) is 0.598. The van der Waals surface area contributed by atoms with E-state index in [4.69, 9.17) is 0 Å². The summed E-state index contributed by atoms with van der Waals surface area (Å²) in [6, 6.07) is 6.85. The van der Waals surface area contributed by atoms with Crippen LogP contribution in [0.4, 0.5) is 10.2 Å². The van der Waals surface area contributed by atoms with Crippen LogP contribution in [0.1, 0.15) is 25.0 Å². The first-order chi connectivity index (χ1) is 11.8. The third kappa shape index (κ3) is 2.62. The molecule has 0 atom stereocenters. The molecule has 1 saturated carbocycles. The summed E-state index contributed by atoms with van der Waals surface area (Å²) in [5.74, 6) is 0.435. The molecule has 0 spiro atoms. The Hall–Kier alpha value is -2.83. The maximum absolute atomic E-state index is 14.1. The molecule has 1 aliphatic carbocycles. The third-order valence-electron chi connectivity index (χ3n) is 4.64. The van der Waals surface area contributed by atoms with Crippen LogP contribution in [0.3, 0.4) is 0 Å². The van der Waals surface area contributed by atoms with Gasteiger partial charge in [0.2, 0.25) is 0 Å². The number of rotatable bonds is 5. The minimum atomic E-state index is -0.254. The molecule has 0 amide bonds. The standard InChI is InChI=1S/C17H17FN6/c18-13-3-1-8-19-16(13)17(6-2-7-17)11-20-15-5-4-14(23-24-15)12-9-21-22-10-12/h1,3-5,8-10H,2,6-7,11H2,(H,20,24)(H,21,22). The number of nitrogens with zero attached hydrogens (tertiary/aromatic N) is 4. The minimum absolute atomic E-state index is 0.236. The summed E-state index contributed by atoms with van der Waals surface area (Å²) in [5, 5.41) is 18.3. The molecule has 7 heteroatoms. The Labute approximate surface area is 138 Å². The van der Waals surface area contributed by atoms with Crippen molar-refractivity contribution in [3.05, 3.63) is 54.4 Å². The highest BCUT2D eigenvalue weighted by Gasteiger charge is 2.41. The number of pyridine rings is 1. The van der Waals surface area contributed by atoms with Crippen LogP contribution in [-0.2, 0) is 5.41 Å². The van der Waals surface area contributed by atoms with Crippen molar-refractivity contribution in [1.29, 1.82) is 0 Å². The van der Waals surface area contributed by atoms with Gasteiger partial charge in [0.15, 0.2) is 0 Å². The lowest BCUT2D eigenvalue weighted by Crippen LogP contribution is -2.42. The third-order valence-corrected chi connectivity index (χ3v) is 4.64. The van der Waals surface area contributed by atoms with Crippen LogP contribution >= 0.6 is 0 Å². The molecule has 3 heterocycles. The van der Waals surface area contributed by atoms with Crippen LogP contribution in [0.15, 0.2) is 42.9 Å². The van der Waals surface area contributed by atoms with E-state index < -0.39 is 0 Å². The Bertz CT molecular complexity index is 811. The lowest BCUT2D eigenvalue weighted by atomic mass is 9.66. The Morgan fingerprint density at radius 1 is 1.21 bits per heavy atom. The molecular formula is C17H17FN6. The van der Waals surface area contributed by atoms with E-state index >= 15 is 0 Å². The number of aromatic amines is 1. The van der Waals surface area contributed by atoms with E-state index in [0.29, 0.717) is 18.1 Å². The van der Waals surface area contributed by atoms with Crippen molar-refractivity contribution in [1.82, 2.24) is 25.4 Å². The van der Waals surface area contributed by atoms with Crippen molar-refractivity contribution < 1.29 is 4.39 Å². The Balaban J connectivity index is 1.49. The van der Waals surface area contributed by atoms with Gasteiger partial charge in [-0.15, -0.1) is 10.2 Å². The van der Waals surface area contributed by atoms with Crippen molar-refractivity contribution in [2.45, 2.75) is 24.7 Å². The van der Waals surface area contributed by atoms with Crippen LogP contribution in [0, 0.1) is 5.82 Å². The highest BCUT2D eigenvalue weighted by Crippen LogP contribution is 2.43. The number of H-pyrrole nitrogens is 1. The zero-order valence-electron chi connectivity index (χ0n) is 13.0. The molecule has 6 nitrogen and oxygen atoms in total. The van der Waals surface area contributed by atoms with E-state index in [1.807, 2.05) is 12.1 Å². The van der Waals surface area contributed by atoms with Gasteiger partial charge < -0.3 is 5.32 Å². The lowest BCUT2D eigenvalue weighted by Gasteiger charge is -2.41. The zero-order valence-corrected chi connectivity index (χ0v) is 13.0. The first kappa shape index (κ1) is 14.7. The second kappa shape index (κ2) is 5.99. The maximum Gasteiger partial charge on any atom is 0.148 e. The van der Waals surface area contributed by atoms with Crippen LogP contribution in [0.2, 0.25) is 0 Å². The Morgan fingerprint density at radius 2 is 2.12 bits per heavy atom. The van der Waals surface area contributed by atoms with Gasteiger partial charge in [0, 0.05) is 29.9 Å². The normalized spacial score (nSPS) is 15.7. The number of nitrogens with one attached hydrogen (secondary N) is 2. The monoisotopic (exact) mass is 324 g/mol. The minimum Gasteiger partial charge on any atom is -0.368 e. The number of hydrogen-bond acceptors (Lipinski definition) is 5. The van der Waals surface area contributed by atoms with Gasteiger partial charge in [0.25, 0.3) is 0 Å². The second-order valence-electron chi connectivity index (χ2n) is 6.11. The summed E-state index contributed by atoms with van der Waals surface area (Å²) < 4.78 is 14.1. The van der Waals surface area contributed by atoms with Gasteiger partial charge >= 0.3 is 0 Å². The van der Waals surface area contributed by atoms with Gasteiger partial charge in [-0.2, -0.15) is 5.10 Å². The average molecular weight is 324 g/mol. The molecule has 0 aromatic carbocycles. The van der Waals surface area contributed by atoms with E-state index in [9.17, 15) is 4.39 Å². The van der Waals surface area contributed by atoms with Crippen LogP contribution < -0.4 is 5.32 Å². The summed E-state index contributed by atoms with van der Waals surface area (Å²) >= 11 is 0. The summed E-state index contributed by atoms with van der Waals surface area (Å²) in [6.07, 6.45) is 8.05. The first-order valence-electron chi connectivity index (χ1n) is 7.95. The highest BCUT2D eigenvalue weighted by molar-refractivity contribution is 5.57. The summed E-state index contributed by atoms with van der Waals surface area (Å²) in [7, 11) is 0. The number of halogens is 1. The fraction of sp³-hybridized carbons (Fsp3) is 0.294. The fourth-order valence-corrected chi connectivity index (χ4v) is 3.11. The highest BCUT2D eigenvalue weighted by atomic mass is 19.1. The van der Waals surface area contributed by atoms with E-state index in [2.05, 4.69) is 30.7 Å². The van der Waals surface area contributed by atoms with Crippen molar-refractivity contribution in [3.63, 3.8) is 0 Å². The first-order valence-corrected chi connectivity index (χ1v) is 7.95. The average Bonchev–Trinajstić information content (AvgIpc) is 3.10. The largest absolute Gasteiger partial charge is 0.368 e. The van der Waals surface area contributed by atoms with Gasteiger partial charge in [0.1, 0.15) is 11.6 Å². The fourth-order valence-electron chi connectivity index (χ4n) is 3.11. The summed E-state index contributed by atoms with van der Waals surface area (Å²) in [4.78, 5) is 4.27. The predicted molar refractivity (Wildman–Crippen MR) is 87.8 cm³/mol. The van der Waals surface area contributed by atoms with Crippen LogP contribution in [0.25, 0.3) is 11.3 Å². The van der Waals surface area contributed by atoms with Crippen LogP contribution in [-0.4, -0.2) is 31.9 Å². The number of hydrogen-bond donors (Lipinski definition) is 2. The lowest BCUT2D eigenvalue weighted by molar-refractivity contribution is 0.243. The Morgan fingerprint density at radius 3 is 2.75 bits per heavy atom. The van der Waals surface area contributed by atoms with Crippen molar-refractivity contribution in [2.75, 3.05) is 11.9 Å². The smallest absolute Gasteiger partial charge is 0.148 e. The van der Waals surface area contributed by atoms with Gasteiger partial charge in [-0.1, -0.05) is 6.42 Å². The molecule has 2 N–H and O–H groups in total. The molecule has 4 rings (SSSR count). The SMILES string of the molecule is Fc1cccnc1C1(CNc2ccc(-c3cn[nH]c3)nn2)CCC1. The molecule has 0 saturated heterocycles. The van der Waals surface area contributed by atoms with Crippen LogP contribution in [0.5, 0.6) is 0 Å². The Kier molecular flexibility index (Phi) is 3.68. The molecule has 0 aliphatic heterocycles. The molecule has 1 aliphatic rings. The molecular weight excluding hydrogens is 307 g/mol. The maximum atomic E-state index is 14.1. The molecule has 122 valence electrons. The molecule has 0 unspecified atom stereocenters.